The molecule has 0 saturated carbocycles. The molecule has 0 amide bonds. The lowest BCUT2D eigenvalue weighted by Crippen LogP contribution is -2.54. The number of morpholine rings is 1. The van der Waals surface area contributed by atoms with Crippen LogP contribution in [0.15, 0.2) is 29.2 Å². The molecule has 20 heavy (non-hydrogen) atoms. The highest BCUT2D eigenvalue weighted by atomic mass is 32.2. The minimum absolute atomic E-state index is 0.0606. The third kappa shape index (κ3) is 4.74. The predicted molar refractivity (Wildman–Crippen MR) is 79.6 cm³/mol. The molecule has 0 radical (unpaired) electrons. The van der Waals surface area contributed by atoms with Crippen molar-refractivity contribution in [2.24, 2.45) is 0 Å². The smallest absolute Gasteiger partial charge is 0.123 e. The number of thioether (sulfide) groups is 1. The van der Waals surface area contributed by atoms with E-state index >= 15 is 0 Å². The second-order valence-corrected chi connectivity index (χ2v) is 6.89. The summed E-state index contributed by atoms with van der Waals surface area (Å²) in [7, 11) is 0. The van der Waals surface area contributed by atoms with E-state index in [0.717, 1.165) is 30.3 Å². The first kappa shape index (κ1) is 15.8. The number of ether oxygens (including phenoxy) is 1. The van der Waals surface area contributed by atoms with Crippen LogP contribution in [0.3, 0.4) is 0 Å². The molecule has 1 unspecified atom stereocenters. The maximum absolute atomic E-state index is 12.8. The Morgan fingerprint density at radius 1 is 1.40 bits per heavy atom. The largest absolute Gasteiger partial charge is 0.394 e. The Labute approximate surface area is 124 Å². The van der Waals surface area contributed by atoms with Crippen LogP contribution in [0.25, 0.3) is 0 Å². The van der Waals surface area contributed by atoms with E-state index in [1.807, 2.05) is 0 Å². The van der Waals surface area contributed by atoms with Crippen molar-refractivity contribution in [1.82, 2.24) is 4.90 Å². The lowest BCUT2D eigenvalue weighted by molar-refractivity contribution is -0.147. The van der Waals surface area contributed by atoms with Gasteiger partial charge in [0.25, 0.3) is 0 Å². The van der Waals surface area contributed by atoms with Crippen molar-refractivity contribution in [1.29, 1.82) is 0 Å². The van der Waals surface area contributed by atoms with E-state index in [1.54, 1.807) is 23.9 Å². The SMILES string of the molecule is CC1(C)CN(CCSc2ccc(F)cc2)CC(CO)O1. The molecule has 112 valence electrons. The van der Waals surface area contributed by atoms with Gasteiger partial charge in [-0.3, -0.25) is 4.90 Å². The van der Waals surface area contributed by atoms with Crippen LogP contribution in [0.1, 0.15) is 13.8 Å². The summed E-state index contributed by atoms with van der Waals surface area (Å²) < 4.78 is 18.6. The average Bonchev–Trinajstić information content (AvgIpc) is 2.39. The van der Waals surface area contributed by atoms with E-state index in [-0.39, 0.29) is 24.1 Å². The fraction of sp³-hybridized carbons (Fsp3) is 0.600. The molecule has 1 aliphatic rings. The van der Waals surface area contributed by atoms with Crippen LogP contribution in [-0.2, 0) is 4.74 Å². The number of nitrogens with zero attached hydrogens (tertiary/aromatic N) is 1. The lowest BCUT2D eigenvalue weighted by Gasteiger charge is -2.42. The van der Waals surface area contributed by atoms with Crippen LogP contribution < -0.4 is 0 Å². The van der Waals surface area contributed by atoms with E-state index in [2.05, 4.69) is 18.7 Å². The highest BCUT2D eigenvalue weighted by Crippen LogP contribution is 2.23. The van der Waals surface area contributed by atoms with Gasteiger partial charge in [-0.25, -0.2) is 4.39 Å². The Morgan fingerprint density at radius 3 is 2.75 bits per heavy atom. The molecule has 3 nitrogen and oxygen atoms in total. The van der Waals surface area contributed by atoms with Gasteiger partial charge in [-0.1, -0.05) is 0 Å². The van der Waals surface area contributed by atoms with Crippen molar-refractivity contribution in [3.63, 3.8) is 0 Å². The average molecular weight is 299 g/mol. The molecule has 1 atom stereocenters. The summed E-state index contributed by atoms with van der Waals surface area (Å²) in [4.78, 5) is 3.40. The zero-order chi connectivity index (χ0) is 14.6. The van der Waals surface area contributed by atoms with Gasteiger partial charge in [-0.2, -0.15) is 0 Å². The molecular weight excluding hydrogens is 277 g/mol. The molecule has 1 aliphatic heterocycles. The molecular formula is C15H22FNO2S. The maximum atomic E-state index is 12.8. The molecule has 1 heterocycles. The molecule has 1 aromatic rings. The minimum atomic E-state index is -0.216. The Hall–Kier alpha value is -0.620. The normalized spacial score (nSPS) is 22.9. The summed E-state index contributed by atoms with van der Waals surface area (Å²) >= 11 is 1.72. The number of aliphatic hydroxyl groups is 1. The van der Waals surface area contributed by atoms with Crippen molar-refractivity contribution >= 4 is 11.8 Å². The van der Waals surface area contributed by atoms with Gasteiger partial charge in [0, 0.05) is 30.3 Å². The van der Waals surface area contributed by atoms with E-state index in [1.165, 1.54) is 12.1 Å². The Balaban J connectivity index is 1.79. The van der Waals surface area contributed by atoms with E-state index in [0.29, 0.717) is 0 Å². The number of aliphatic hydroxyl groups excluding tert-OH is 1. The van der Waals surface area contributed by atoms with Gasteiger partial charge in [0.15, 0.2) is 0 Å². The second-order valence-electron chi connectivity index (χ2n) is 5.72. The fourth-order valence-corrected chi connectivity index (χ4v) is 3.42. The second kappa shape index (κ2) is 6.89. The maximum Gasteiger partial charge on any atom is 0.123 e. The first-order chi connectivity index (χ1) is 9.48. The summed E-state index contributed by atoms with van der Waals surface area (Å²) in [5, 5.41) is 9.28. The Morgan fingerprint density at radius 2 is 2.10 bits per heavy atom. The molecule has 1 aromatic carbocycles. The quantitative estimate of drug-likeness (QED) is 0.846. The summed E-state index contributed by atoms with van der Waals surface area (Å²) in [5.41, 5.74) is -0.216. The summed E-state index contributed by atoms with van der Waals surface area (Å²) in [6, 6.07) is 6.59. The number of benzene rings is 1. The van der Waals surface area contributed by atoms with Crippen molar-refractivity contribution in [2.75, 3.05) is 32.0 Å². The van der Waals surface area contributed by atoms with Gasteiger partial charge < -0.3 is 9.84 Å². The van der Waals surface area contributed by atoms with Gasteiger partial charge in [0.05, 0.1) is 18.3 Å². The van der Waals surface area contributed by atoms with Crippen LogP contribution in [0.2, 0.25) is 0 Å². The van der Waals surface area contributed by atoms with Gasteiger partial charge in [0.2, 0.25) is 0 Å². The Bertz CT molecular complexity index is 424. The Kier molecular flexibility index (Phi) is 5.43. The number of hydrogen-bond acceptors (Lipinski definition) is 4. The van der Waals surface area contributed by atoms with E-state index in [9.17, 15) is 9.50 Å². The van der Waals surface area contributed by atoms with Gasteiger partial charge >= 0.3 is 0 Å². The highest BCUT2D eigenvalue weighted by molar-refractivity contribution is 7.99. The molecule has 1 fully saturated rings. The standard InChI is InChI=1S/C15H22FNO2S/c1-15(2)11-17(9-13(10-18)19-15)7-8-20-14-5-3-12(16)4-6-14/h3-6,13,18H,7-11H2,1-2H3. The van der Waals surface area contributed by atoms with Gasteiger partial charge in [-0.15, -0.1) is 11.8 Å². The van der Waals surface area contributed by atoms with Crippen molar-refractivity contribution in [3.05, 3.63) is 30.1 Å². The minimum Gasteiger partial charge on any atom is -0.394 e. The van der Waals surface area contributed by atoms with Crippen molar-refractivity contribution < 1.29 is 14.2 Å². The molecule has 0 aliphatic carbocycles. The predicted octanol–water partition coefficient (Wildman–Crippen LogP) is 2.39. The summed E-state index contributed by atoms with van der Waals surface area (Å²) in [5.74, 6) is 0.745. The van der Waals surface area contributed by atoms with Gasteiger partial charge in [0.1, 0.15) is 5.82 Å². The van der Waals surface area contributed by atoms with Gasteiger partial charge in [-0.05, 0) is 38.1 Å². The van der Waals surface area contributed by atoms with E-state index in [4.69, 9.17) is 4.74 Å². The fourth-order valence-electron chi connectivity index (χ4n) is 2.51. The molecule has 2 rings (SSSR count). The lowest BCUT2D eigenvalue weighted by atomic mass is 10.1. The van der Waals surface area contributed by atoms with Crippen LogP contribution >= 0.6 is 11.8 Å². The van der Waals surface area contributed by atoms with Crippen LogP contribution in [0, 0.1) is 5.82 Å². The molecule has 5 heteroatoms. The molecule has 0 aromatic heterocycles. The molecule has 0 spiro atoms. The molecule has 1 N–H and O–H groups in total. The van der Waals surface area contributed by atoms with Crippen LogP contribution in [0.5, 0.6) is 0 Å². The third-order valence-electron chi connectivity index (χ3n) is 3.25. The first-order valence-electron chi connectivity index (χ1n) is 6.88. The number of hydrogen-bond donors (Lipinski definition) is 1. The monoisotopic (exact) mass is 299 g/mol. The summed E-state index contributed by atoms with van der Waals surface area (Å²) in [6.07, 6.45) is -0.102. The topological polar surface area (TPSA) is 32.7 Å². The number of rotatable bonds is 5. The van der Waals surface area contributed by atoms with Crippen molar-refractivity contribution in [3.8, 4) is 0 Å². The first-order valence-corrected chi connectivity index (χ1v) is 7.86. The third-order valence-corrected chi connectivity index (χ3v) is 4.24. The zero-order valence-electron chi connectivity index (χ0n) is 12.0. The van der Waals surface area contributed by atoms with Crippen molar-refractivity contribution in [2.45, 2.75) is 30.4 Å². The highest BCUT2D eigenvalue weighted by Gasteiger charge is 2.32. The van der Waals surface area contributed by atoms with Crippen LogP contribution in [0.4, 0.5) is 4.39 Å². The molecule has 0 bridgehead atoms. The molecule has 1 saturated heterocycles. The summed E-state index contributed by atoms with van der Waals surface area (Å²) in [6.45, 7) is 6.73. The van der Waals surface area contributed by atoms with Crippen LogP contribution in [-0.4, -0.2) is 53.7 Å². The zero-order valence-corrected chi connectivity index (χ0v) is 12.8. The number of halogens is 1. The van der Waals surface area contributed by atoms with E-state index < -0.39 is 0 Å².